The molecule has 0 spiro atoms. The summed E-state index contributed by atoms with van der Waals surface area (Å²) in [4.78, 5) is 11.4. The fourth-order valence-corrected chi connectivity index (χ4v) is 2.84. The molecular formula is C12H10N2OS. The van der Waals surface area contributed by atoms with E-state index in [1.54, 1.807) is 11.3 Å². The fraction of sp³-hybridized carbons (Fsp3) is 0.167. The number of thiophene rings is 1. The molecule has 0 aliphatic carbocycles. The lowest BCUT2D eigenvalue weighted by Gasteiger charge is -2.11. The van der Waals surface area contributed by atoms with Crippen molar-refractivity contribution in [3.8, 4) is 0 Å². The van der Waals surface area contributed by atoms with Gasteiger partial charge in [-0.2, -0.15) is 5.10 Å². The van der Waals surface area contributed by atoms with Crippen molar-refractivity contribution in [1.29, 1.82) is 0 Å². The van der Waals surface area contributed by atoms with Gasteiger partial charge < -0.3 is 5.43 Å². The molecule has 1 aliphatic rings. The van der Waals surface area contributed by atoms with Gasteiger partial charge in [0.15, 0.2) is 5.78 Å². The zero-order valence-corrected chi connectivity index (χ0v) is 9.38. The van der Waals surface area contributed by atoms with Gasteiger partial charge in [0.05, 0.1) is 18.7 Å². The molecule has 2 heterocycles. The number of fused-ring (bicyclic) bond motifs is 1. The number of carbonyl (C=O) groups excluding carboxylic acids is 1. The highest BCUT2D eigenvalue weighted by molar-refractivity contribution is 7.17. The van der Waals surface area contributed by atoms with Crippen molar-refractivity contribution in [2.45, 2.75) is 6.42 Å². The number of nitrogens with one attached hydrogen (secondary N) is 1. The van der Waals surface area contributed by atoms with Crippen LogP contribution in [0.25, 0.3) is 10.1 Å². The van der Waals surface area contributed by atoms with E-state index in [1.165, 1.54) is 10.1 Å². The molecule has 1 aromatic heterocycles. The quantitative estimate of drug-likeness (QED) is 0.815. The van der Waals surface area contributed by atoms with Crippen LogP contribution in [0.4, 0.5) is 0 Å². The molecule has 0 bridgehead atoms. The Balaban J connectivity index is 2.12. The average Bonchev–Trinajstić information content (AvgIpc) is 2.72. The van der Waals surface area contributed by atoms with Gasteiger partial charge in [0.2, 0.25) is 0 Å². The second-order valence-electron chi connectivity index (χ2n) is 3.75. The normalized spacial score (nSPS) is 16.0. The predicted octanol–water partition coefficient (Wildman–Crippen LogP) is 2.17. The number of nitrogens with zero attached hydrogens (tertiary/aromatic N) is 1. The zero-order valence-electron chi connectivity index (χ0n) is 8.56. The third-order valence-electron chi connectivity index (χ3n) is 2.65. The highest BCUT2D eigenvalue weighted by atomic mass is 32.1. The third kappa shape index (κ3) is 1.51. The number of hydrogen-bond acceptors (Lipinski definition) is 4. The number of Topliss-reactive ketones (excluding diaryl/α,β-unsaturated/α-hetero) is 1. The maximum absolute atomic E-state index is 11.4. The topological polar surface area (TPSA) is 41.5 Å². The van der Waals surface area contributed by atoms with E-state index in [2.05, 4.69) is 28.0 Å². The van der Waals surface area contributed by atoms with Gasteiger partial charge >= 0.3 is 0 Å². The first-order chi connectivity index (χ1) is 7.84. The second-order valence-corrected chi connectivity index (χ2v) is 4.67. The minimum absolute atomic E-state index is 0.195. The molecule has 1 aliphatic heterocycles. The Hall–Kier alpha value is -1.68. The van der Waals surface area contributed by atoms with Gasteiger partial charge in [-0.05, 0) is 6.07 Å². The van der Waals surface area contributed by atoms with Crippen molar-refractivity contribution >= 4 is 32.9 Å². The monoisotopic (exact) mass is 230 g/mol. The van der Waals surface area contributed by atoms with Crippen molar-refractivity contribution in [3.05, 3.63) is 35.2 Å². The van der Waals surface area contributed by atoms with E-state index in [1.807, 2.05) is 12.1 Å². The molecule has 2 aromatic rings. The summed E-state index contributed by atoms with van der Waals surface area (Å²) in [5.41, 5.74) is 4.72. The molecular weight excluding hydrogens is 220 g/mol. The molecule has 3 rings (SSSR count). The van der Waals surface area contributed by atoms with E-state index in [0.29, 0.717) is 13.0 Å². The smallest absolute Gasteiger partial charge is 0.159 e. The summed E-state index contributed by atoms with van der Waals surface area (Å²) in [6.45, 7) is 0.353. The minimum Gasteiger partial charge on any atom is -0.302 e. The lowest BCUT2D eigenvalue weighted by Crippen LogP contribution is -2.28. The third-order valence-corrected chi connectivity index (χ3v) is 3.61. The Labute approximate surface area is 96.8 Å². The van der Waals surface area contributed by atoms with Gasteiger partial charge in [-0.25, -0.2) is 0 Å². The first-order valence-corrected chi connectivity index (χ1v) is 6.00. The lowest BCUT2D eigenvalue weighted by atomic mass is 10.0. The van der Waals surface area contributed by atoms with Crippen LogP contribution in [0.3, 0.4) is 0 Å². The highest BCUT2D eigenvalue weighted by Crippen LogP contribution is 2.27. The SMILES string of the molecule is O=C1CNN=C(c2csc3ccccc23)C1. The summed E-state index contributed by atoms with van der Waals surface area (Å²) in [6, 6.07) is 8.19. The number of carbonyl (C=O) groups is 1. The van der Waals surface area contributed by atoms with Gasteiger partial charge in [0, 0.05) is 21.0 Å². The van der Waals surface area contributed by atoms with Gasteiger partial charge in [-0.1, -0.05) is 18.2 Å². The van der Waals surface area contributed by atoms with Gasteiger partial charge in [0.1, 0.15) is 0 Å². The molecule has 0 radical (unpaired) electrons. The molecule has 0 atom stereocenters. The van der Waals surface area contributed by atoms with Crippen LogP contribution in [-0.2, 0) is 4.79 Å². The maximum atomic E-state index is 11.4. The molecule has 4 heteroatoms. The van der Waals surface area contributed by atoms with Crippen LogP contribution in [0, 0.1) is 0 Å². The molecule has 0 unspecified atom stereocenters. The number of hydrazone groups is 1. The van der Waals surface area contributed by atoms with Gasteiger partial charge in [0.25, 0.3) is 0 Å². The Morgan fingerprint density at radius 2 is 2.19 bits per heavy atom. The van der Waals surface area contributed by atoms with E-state index in [9.17, 15) is 4.79 Å². The van der Waals surface area contributed by atoms with Crippen molar-refractivity contribution in [2.24, 2.45) is 5.10 Å². The van der Waals surface area contributed by atoms with Crippen molar-refractivity contribution in [2.75, 3.05) is 6.54 Å². The first kappa shape index (κ1) is 9.54. The summed E-state index contributed by atoms with van der Waals surface area (Å²) in [6.07, 6.45) is 0.438. The van der Waals surface area contributed by atoms with E-state index in [-0.39, 0.29) is 5.78 Å². The zero-order chi connectivity index (χ0) is 11.0. The molecule has 16 heavy (non-hydrogen) atoms. The van der Waals surface area contributed by atoms with Crippen LogP contribution in [0.2, 0.25) is 0 Å². The molecule has 0 amide bonds. The Kier molecular flexibility index (Phi) is 2.22. The Bertz CT molecular complexity index is 585. The minimum atomic E-state index is 0.195. The Morgan fingerprint density at radius 3 is 3.06 bits per heavy atom. The molecule has 80 valence electrons. The average molecular weight is 230 g/mol. The largest absolute Gasteiger partial charge is 0.302 e. The summed E-state index contributed by atoms with van der Waals surface area (Å²) in [7, 11) is 0. The van der Waals surface area contributed by atoms with Crippen LogP contribution < -0.4 is 5.43 Å². The highest BCUT2D eigenvalue weighted by Gasteiger charge is 2.17. The molecule has 1 aromatic carbocycles. The molecule has 1 N–H and O–H groups in total. The van der Waals surface area contributed by atoms with Crippen LogP contribution in [-0.4, -0.2) is 18.0 Å². The van der Waals surface area contributed by atoms with E-state index in [0.717, 1.165) is 11.3 Å². The van der Waals surface area contributed by atoms with E-state index < -0.39 is 0 Å². The van der Waals surface area contributed by atoms with Crippen molar-refractivity contribution in [1.82, 2.24) is 5.43 Å². The molecule has 0 fully saturated rings. The maximum Gasteiger partial charge on any atom is 0.159 e. The second kappa shape index (κ2) is 3.72. The number of rotatable bonds is 1. The van der Waals surface area contributed by atoms with Crippen LogP contribution >= 0.6 is 11.3 Å². The predicted molar refractivity (Wildman–Crippen MR) is 66.0 cm³/mol. The lowest BCUT2D eigenvalue weighted by molar-refractivity contribution is -0.117. The summed E-state index contributed by atoms with van der Waals surface area (Å²) in [5.74, 6) is 0.195. The van der Waals surface area contributed by atoms with Crippen LogP contribution in [0.1, 0.15) is 12.0 Å². The standard InChI is InChI=1S/C12H10N2OS/c15-8-5-11(14-13-6-8)10-7-16-12-4-2-1-3-9(10)12/h1-4,7,13H,5-6H2. The van der Waals surface area contributed by atoms with Crippen molar-refractivity contribution < 1.29 is 4.79 Å². The first-order valence-electron chi connectivity index (χ1n) is 5.12. The van der Waals surface area contributed by atoms with Gasteiger partial charge in [-0.15, -0.1) is 11.3 Å². The summed E-state index contributed by atoms with van der Waals surface area (Å²) >= 11 is 1.69. The van der Waals surface area contributed by atoms with Gasteiger partial charge in [-0.3, -0.25) is 4.79 Å². The number of benzene rings is 1. The van der Waals surface area contributed by atoms with Crippen molar-refractivity contribution in [3.63, 3.8) is 0 Å². The number of ketones is 1. The summed E-state index contributed by atoms with van der Waals surface area (Å²) in [5, 5.41) is 7.48. The molecule has 0 saturated carbocycles. The van der Waals surface area contributed by atoms with Crippen LogP contribution in [0.15, 0.2) is 34.7 Å². The summed E-state index contributed by atoms with van der Waals surface area (Å²) < 4.78 is 1.23. The fourth-order valence-electron chi connectivity index (χ4n) is 1.87. The molecule has 3 nitrogen and oxygen atoms in total. The van der Waals surface area contributed by atoms with E-state index >= 15 is 0 Å². The Morgan fingerprint density at radius 1 is 1.31 bits per heavy atom. The molecule has 0 saturated heterocycles. The van der Waals surface area contributed by atoms with E-state index in [4.69, 9.17) is 0 Å². The van der Waals surface area contributed by atoms with Crippen LogP contribution in [0.5, 0.6) is 0 Å². The number of hydrogen-bond donors (Lipinski definition) is 1.